The van der Waals surface area contributed by atoms with Crippen molar-refractivity contribution in [2.45, 2.75) is 18.2 Å². The van der Waals surface area contributed by atoms with Crippen molar-refractivity contribution in [1.82, 2.24) is 0 Å². The van der Waals surface area contributed by atoms with Gasteiger partial charge in [0.2, 0.25) is 0 Å². The zero-order chi connectivity index (χ0) is 15.6. The molecular weight excluding hydrogens is 294 g/mol. The molecule has 0 aliphatic heterocycles. The Kier molecular flexibility index (Phi) is 4.06. The second kappa shape index (κ2) is 5.63. The molecule has 0 spiro atoms. The first-order valence-electron chi connectivity index (χ1n) is 6.09. The summed E-state index contributed by atoms with van der Waals surface area (Å²) < 4.78 is 32.5. The summed E-state index contributed by atoms with van der Waals surface area (Å²) in [5.74, 6) is 0. The topological polar surface area (TPSA) is 97.5 Å². The first kappa shape index (κ1) is 15.1. The molecule has 6 nitrogen and oxygen atoms in total. The van der Waals surface area contributed by atoms with Crippen LogP contribution in [0.3, 0.4) is 0 Å². The number of rotatable bonds is 4. The third kappa shape index (κ3) is 3.26. The van der Waals surface area contributed by atoms with E-state index in [1.165, 1.54) is 19.1 Å². The summed E-state index contributed by atoms with van der Waals surface area (Å²) in [6.45, 7) is 1.49. The first-order chi connectivity index (χ1) is 9.80. The molecule has 0 aliphatic carbocycles. The van der Waals surface area contributed by atoms with E-state index in [9.17, 15) is 23.1 Å². The number of hydrogen-bond acceptors (Lipinski definition) is 4. The van der Waals surface area contributed by atoms with Crippen LogP contribution < -0.4 is 0 Å². The van der Waals surface area contributed by atoms with Gasteiger partial charge in [0.15, 0.2) is 0 Å². The van der Waals surface area contributed by atoms with Gasteiger partial charge in [0.25, 0.3) is 15.8 Å². The molecule has 0 aromatic heterocycles. The van der Waals surface area contributed by atoms with Crippen LogP contribution in [0.4, 0.5) is 5.69 Å². The Morgan fingerprint density at radius 3 is 2.29 bits per heavy atom. The van der Waals surface area contributed by atoms with Gasteiger partial charge in [0.1, 0.15) is 4.90 Å². The van der Waals surface area contributed by atoms with E-state index in [0.29, 0.717) is 0 Å². The summed E-state index contributed by atoms with van der Waals surface area (Å²) in [6, 6.07) is 11.3. The summed E-state index contributed by atoms with van der Waals surface area (Å²) in [5, 5.41) is 11.1. The lowest BCUT2D eigenvalue weighted by molar-refractivity contribution is -0.385. The molecule has 0 saturated heterocycles. The molecule has 110 valence electrons. The standard InChI is InChI=1S/C14H13NO5S/c1-10-7-8-13(15(16)17)12(14(10)21(18,19)20)9-11-5-3-2-4-6-11/h2-8H,9H2,1H3,(H,18,19,20). The highest BCUT2D eigenvalue weighted by atomic mass is 32.2. The summed E-state index contributed by atoms with van der Waals surface area (Å²) in [5.41, 5.74) is 0.663. The van der Waals surface area contributed by atoms with E-state index in [1.54, 1.807) is 30.3 Å². The number of nitro benzene ring substituents is 1. The van der Waals surface area contributed by atoms with Crippen molar-refractivity contribution in [1.29, 1.82) is 0 Å². The van der Waals surface area contributed by atoms with Crippen LogP contribution in [0, 0.1) is 17.0 Å². The van der Waals surface area contributed by atoms with E-state index in [2.05, 4.69) is 0 Å². The van der Waals surface area contributed by atoms with Crippen LogP contribution in [0.25, 0.3) is 0 Å². The first-order valence-corrected chi connectivity index (χ1v) is 7.53. The van der Waals surface area contributed by atoms with Gasteiger partial charge in [0, 0.05) is 12.5 Å². The quantitative estimate of drug-likeness (QED) is 0.532. The van der Waals surface area contributed by atoms with Gasteiger partial charge in [-0.3, -0.25) is 14.7 Å². The van der Waals surface area contributed by atoms with Crippen LogP contribution in [0.2, 0.25) is 0 Å². The molecule has 0 radical (unpaired) electrons. The van der Waals surface area contributed by atoms with Crippen LogP contribution in [0.1, 0.15) is 16.7 Å². The number of nitro groups is 1. The molecule has 2 aromatic rings. The smallest absolute Gasteiger partial charge is 0.282 e. The number of hydrogen-bond donors (Lipinski definition) is 1. The average molecular weight is 307 g/mol. The lowest BCUT2D eigenvalue weighted by Crippen LogP contribution is -2.09. The molecule has 0 saturated carbocycles. The molecule has 21 heavy (non-hydrogen) atoms. The molecule has 0 amide bonds. The lowest BCUT2D eigenvalue weighted by atomic mass is 10.0. The number of nitrogens with zero attached hydrogens (tertiary/aromatic N) is 1. The van der Waals surface area contributed by atoms with Crippen molar-refractivity contribution in [3.8, 4) is 0 Å². The molecule has 7 heteroatoms. The van der Waals surface area contributed by atoms with E-state index in [4.69, 9.17) is 0 Å². The van der Waals surface area contributed by atoms with Crippen molar-refractivity contribution < 1.29 is 17.9 Å². The third-order valence-electron chi connectivity index (χ3n) is 3.11. The van der Waals surface area contributed by atoms with Gasteiger partial charge in [-0.05, 0) is 18.1 Å². The second-order valence-corrected chi connectivity index (χ2v) is 5.96. The van der Waals surface area contributed by atoms with Gasteiger partial charge in [-0.1, -0.05) is 36.4 Å². The van der Waals surface area contributed by atoms with Gasteiger partial charge in [-0.15, -0.1) is 0 Å². The predicted octanol–water partition coefficient (Wildman–Crippen LogP) is 2.74. The summed E-state index contributed by atoms with van der Waals surface area (Å²) in [6.07, 6.45) is 0.0496. The van der Waals surface area contributed by atoms with Gasteiger partial charge < -0.3 is 0 Å². The molecule has 0 heterocycles. The monoisotopic (exact) mass is 307 g/mol. The third-order valence-corrected chi connectivity index (χ3v) is 4.20. The fraction of sp³-hybridized carbons (Fsp3) is 0.143. The van der Waals surface area contributed by atoms with Crippen molar-refractivity contribution in [2.75, 3.05) is 0 Å². The number of benzene rings is 2. The highest BCUT2D eigenvalue weighted by Crippen LogP contribution is 2.31. The molecular formula is C14H13NO5S. The van der Waals surface area contributed by atoms with Crippen molar-refractivity contribution in [3.05, 3.63) is 69.3 Å². The van der Waals surface area contributed by atoms with Crippen LogP contribution in [-0.2, 0) is 16.5 Å². The zero-order valence-corrected chi connectivity index (χ0v) is 12.0. The summed E-state index contributed by atoms with van der Waals surface area (Å²) in [4.78, 5) is 10.1. The maximum atomic E-state index is 11.6. The Balaban J connectivity index is 2.71. The Labute approximate surface area is 121 Å². The van der Waals surface area contributed by atoms with E-state index < -0.39 is 15.0 Å². The van der Waals surface area contributed by atoms with Crippen LogP contribution in [-0.4, -0.2) is 17.9 Å². The predicted molar refractivity (Wildman–Crippen MR) is 76.9 cm³/mol. The minimum atomic E-state index is -4.54. The highest BCUT2D eigenvalue weighted by Gasteiger charge is 2.26. The lowest BCUT2D eigenvalue weighted by Gasteiger charge is -2.11. The maximum Gasteiger partial charge on any atom is 0.295 e. The molecule has 0 atom stereocenters. The fourth-order valence-corrected chi connectivity index (χ4v) is 3.20. The fourth-order valence-electron chi connectivity index (χ4n) is 2.24. The number of aryl methyl sites for hydroxylation is 1. The minimum Gasteiger partial charge on any atom is -0.282 e. The van der Waals surface area contributed by atoms with E-state index >= 15 is 0 Å². The highest BCUT2D eigenvalue weighted by molar-refractivity contribution is 7.86. The van der Waals surface area contributed by atoms with Crippen molar-refractivity contribution in [3.63, 3.8) is 0 Å². The van der Waals surface area contributed by atoms with Gasteiger partial charge in [-0.25, -0.2) is 0 Å². The Hall–Kier alpha value is -2.25. The van der Waals surface area contributed by atoms with Crippen molar-refractivity contribution >= 4 is 15.8 Å². The van der Waals surface area contributed by atoms with E-state index in [-0.39, 0.29) is 28.1 Å². The molecule has 1 N–H and O–H groups in total. The van der Waals surface area contributed by atoms with Crippen LogP contribution >= 0.6 is 0 Å². The van der Waals surface area contributed by atoms with Crippen molar-refractivity contribution in [2.24, 2.45) is 0 Å². The molecule has 0 bridgehead atoms. The minimum absolute atomic E-state index is 0.00583. The average Bonchev–Trinajstić information content (AvgIpc) is 2.38. The van der Waals surface area contributed by atoms with Gasteiger partial charge in [0.05, 0.1) is 10.5 Å². The normalized spacial score (nSPS) is 11.3. The Morgan fingerprint density at radius 1 is 1.14 bits per heavy atom. The van der Waals surface area contributed by atoms with Gasteiger partial charge in [-0.2, -0.15) is 8.42 Å². The molecule has 2 aromatic carbocycles. The Morgan fingerprint density at radius 2 is 1.76 bits per heavy atom. The molecule has 0 fully saturated rings. The molecule has 0 unspecified atom stereocenters. The maximum absolute atomic E-state index is 11.6. The van der Waals surface area contributed by atoms with Crippen LogP contribution in [0.5, 0.6) is 0 Å². The summed E-state index contributed by atoms with van der Waals surface area (Å²) in [7, 11) is -4.54. The largest absolute Gasteiger partial charge is 0.295 e. The molecule has 2 rings (SSSR count). The zero-order valence-electron chi connectivity index (χ0n) is 11.2. The Bertz CT molecular complexity index is 785. The second-order valence-electron chi connectivity index (χ2n) is 4.60. The molecule has 0 aliphatic rings. The van der Waals surface area contributed by atoms with Gasteiger partial charge >= 0.3 is 0 Å². The van der Waals surface area contributed by atoms with E-state index in [0.717, 1.165) is 5.56 Å². The summed E-state index contributed by atoms with van der Waals surface area (Å²) >= 11 is 0. The SMILES string of the molecule is Cc1ccc([N+](=O)[O-])c(Cc2ccccc2)c1S(=O)(=O)O. The van der Waals surface area contributed by atoms with Crippen LogP contribution in [0.15, 0.2) is 47.4 Å². The van der Waals surface area contributed by atoms with E-state index in [1.807, 2.05) is 0 Å².